The number of anilines is 1. The van der Waals surface area contributed by atoms with Crippen molar-refractivity contribution in [1.82, 2.24) is 5.32 Å². The number of rotatable bonds is 6. The van der Waals surface area contributed by atoms with Crippen molar-refractivity contribution in [2.24, 2.45) is 0 Å². The quantitative estimate of drug-likeness (QED) is 0.652. The lowest BCUT2D eigenvalue weighted by molar-refractivity contribution is -0.124. The second-order valence-electron chi connectivity index (χ2n) is 7.85. The highest BCUT2D eigenvalue weighted by molar-refractivity contribution is 5.99. The molecular formula is C26H26N2O3. The van der Waals surface area contributed by atoms with Crippen LogP contribution in [0.2, 0.25) is 0 Å². The van der Waals surface area contributed by atoms with E-state index in [1.807, 2.05) is 60.4 Å². The summed E-state index contributed by atoms with van der Waals surface area (Å²) < 4.78 is 5.93. The third-order valence-electron chi connectivity index (χ3n) is 5.50. The summed E-state index contributed by atoms with van der Waals surface area (Å²) in [4.78, 5) is 27.5. The zero-order valence-electron chi connectivity index (χ0n) is 17.7. The van der Waals surface area contributed by atoms with Crippen molar-refractivity contribution in [1.29, 1.82) is 0 Å². The second kappa shape index (κ2) is 9.04. The molecule has 0 bridgehead atoms. The lowest BCUT2D eigenvalue weighted by atomic mass is 10.1. The molecule has 0 fully saturated rings. The summed E-state index contributed by atoms with van der Waals surface area (Å²) in [5.74, 6) is 0.222. The van der Waals surface area contributed by atoms with Gasteiger partial charge in [-0.05, 0) is 55.7 Å². The van der Waals surface area contributed by atoms with Gasteiger partial charge in [0.2, 0.25) is 0 Å². The molecule has 0 radical (unpaired) electrons. The predicted molar refractivity (Wildman–Crippen MR) is 121 cm³/mol. The molecule has 31 heavy (non-hydrogen) atoms. The van der Waals surface area contributed by atoms with Gasteiger partial charge in [0.05, 0.1) is 0 Å². The Balaban J connectivity index is 1.41. The van der Waals surface area contributed by atoms with E-state index in [0.29, 0.717) is 17.9 Å². The van der Waals surface area contributed by atoms with Gasteiger partial charge in [-0.25, -0.2) is 0 Å². The minimum Gasteiger partial charge on any atom is -0.481 e. The topological polar surface area (TPSA) is 58.6 Å². The molecule has 3 aromatic carbocycles. The molecule has 1 aliphatic rings. The number of carbonyl (C=O) groups excluding carboxylic acids is 2. The van der Waals surface area contributed by atoms with Gasteiger partial charge in [0.15, 0.2) is 6.10 Å². The fourth-order valence-electron chi connectivity index (χ4n) is 3.94. The Kier molecular flexibility index (Phi) is 6.03. The molecule has 1 aliphatic heterocycles. The Morgan fingerprint density at radius 3 is 2.58 bits per heavy atom. The molecule has 0 aromatic heterocycles. The average Bonchev–Trinajstić information content (AvgIpc) is 3.13. The zero-order chi connectivity index (χ0) is 21.8. The summed E-state index contributed by atoms with van der Waals surface area (Å²) in [6, 6.07) is 24.7. The van der Waals surface area contributed by atoms with E-state index in [1.54, 1.807) is 31.2 Å². The number of hydrogen-bond acceptors (Lipinski definition) is 3. The van der Waals surface area contributed by atoms with E-state index in [1.165, 1.54) is 5.56 Å². The van der Waals surface area contributed by atoms with E-state index < -0.39 is 6.10 Å². The van der Waals surface area contributed by atoms with Gasteiger partial charge in [-0.15, -0.1) is 0 Å². The number of amides is 2. The van der Waals surface area contributed by atoms with E-state index in [2.05, 4.69) is 11.4 Å². The number of fused-ring (bicyclic) bond motifs is 1. The first-order valence-electron chi connectivity index (χ1n) is 10.5. The van der Waals surface area contributed by atoms with Gasteiger partial charge < -0.3 is 15.0 Å². The summed E-state index contributed by atoms with van der Waals surface area (Å²) in [6.45, 7) is 4.24. The second-order valence-corrected chi connectivity index (χ2v) is 7.85. The number of ether oxygens (including phenoxy) is 1. The molecule has 4 rings (SSSR count). The maximum Gasteiger partial charge on any atom is 0.268 e. The van der Waals surface area contributed by atoms with E-state index in [4.69, 9.17) is 4.74 Å². The van der Waals surface area contributed by atoms with Crippen LogP contribution in [0, 0.1) is 0 Å². The first kappa shape index (κ1) is 20.7. The molecule has 0 spiro atoms. The number of carbonyl (C=O) groups is 2. The van der Waals surface area contributed by atoms with E-state index >= 15 is 0 Å². The smallest absolute Gasteiger partial charge is 0.268 e. The van der Waals surface area contributed by atoms with Crippen LogP contribution in [0.25, 0.3) is 0 Å². The summed E-state index contributed by atoms with van der Waals surface area (Å²) in [7, 11) is 0. The summed E-state index contributed by atoms with van der Waals surface area (Å²) in [5, 5.41) is 2.91. The normalized spacial score (nSPS) is 15.8. The zero-order valence-corrected chi connectivity index (χ0v) is 17.7. The van der Waals surface area contributed by atoms with Crippen LogP contribution in [-0.2, 0) is 17.8 Å². The van der Waals surface area contributed by atoms with Crippen LogP contribution in [0.1, 0.15) is 35.3 Å². The predicted octanol–water partition coefficient (Wildman–Crippen LogP) is 4.36. The number of hydrogen-bond donors (Lipinski definition) is 1. The highest BCUT2D eigenvalue weighted by atomic mass is 16.5. The standard InChI is InChI=1S/C26H26N2O3/c1-18-15-21-11-6-7-14-24(21)28(18)26(30)19(2)31-23-13-8-12-22(16-23)25(29)27-17-20-9-4-3-5-10-20/h3-14,16,18-19H,15,17H2,1-2H3,(H,27,29). The number of benzene rings is 3. The molecule has 158 valence electrons. The van der Waals surface area contributed by atoms with Gasteiger partial charge in [-0.1, -0.05) is 54.6 Å². The van der Waals surface area contributed by atoms with Crippen molar-refractivity contribution in [3.05, 3.63) is 95.6 Å². The number of para-hydroxylation sites is 1. The van der Waals surface area contributed by atoms with Gasteiger partial charge in [0.25, 0.3) is 11.8 Å². The van der Waals surface area contributed by atoms with Crippen LogP contribution in [0.15, 0.2) is 78.9 Å². The van der Waals surface area contributed by atoms with Gasteiger partial charge in [-0.2, -0.15) is 0 Å². The van der Waals surface area contributed by atoms with E-state index in [9.17, 15) is 9.59 Å². The Morgan fingerprint density at radius 1 is 1.03 bits per heavy atom. The fourth-order valence-corrected chi connectivity index (χ4v) is 3.94. The molecule has 1 heterocycles. The maximum absolute atomic E-state index is 13.1. The highest BCUT2D eigenvalue weighted by Crippen LogP contribution is 2.32. The van der Waals surface area contributed by atoms with Crippen molar-refractivity contribution < 1.29 is 14.3 Å². The van der Waals surface area contributed by atoms with Crippen LogP contribution < -0.4 is 15.0 Å². The first-order valence-corrected chi connectivity index (χ1v) is 10.5. The van der Waals surface area contributed by atoms with Crippen LogP contribution >= 0.6 is 0 Å². The molecule has 0 aliphatic carbocycles. The largest absolute Gasteiger partial charge is 0.481 e. The molecule has 2 amide bonds. The molecular weight excluding hydrogens is 388 g/mol. The number of nitrogens with zero attached hydrogens (tertiary/aromatic N) is 1. The summed E-state index contributed by atoms with van der Waals surface area (Å²) in [5.41, 5.74) is 3.65. The minimum absolute atomic E-state index is 0.0867. The maximum atomic E-state index is 13.1. The SMILES string of the molecule is CC(Oc1cccc(C(=O)NCc2ccccc2)c1)C(=O)N1c2ccccc2CC1C. The van der Waals surface area contributed by atoms with Gasteiger partial charge in [0.1, 0.15) is 5.75 Å². The first-order chi connectivity index (χ1) is 15.0. The monoisotopic (exact) mass is 414 g/mol. The molecule has 1 N–H and O–H groups in total. The van der Waals surface area contributed by atoms with Crippen LogP contribution in [0.3, 0.4) is 0 Å². The van der Waals surface area contributed by atoms with Crippen molar-refractivity contribution in [3.63, 3.8) is 0 Å². The van der Waals surface area contributed by atoms with E-state index in [0.717, 1.165) is 17.7 Å². The van der Waals surface area contributed by atoms with Crippen molar-refractivity contribution in [2.45, 2.75) is 39.0 Å². The lowest BCUT2D eigenvalue weighted by Crippen LogP contribution is -2.43. The van der Waals surface area contributed by atoms with Crippen molar-refractivity contribution in [3.8, 4) is 5.75 Å². The lowest BCUT2D eigenvalue weighted by Gasteiger charge is -2.26. The Hall–Kier alpha value is -3.60. The highest BCUT2D eigenvalue weighted by Gasteiger charge is 2.33. The molecule has 2 atom stereocenters. The van der Waals surface area contributed by atoms with Gasteiger partial charge >= 0.3 is 0 Å². The Morgan fingerprint density at radius 2 is 1.77 bits per heavy atom. The average molecular weight is 415 g/mol. The molecule has 0 saturated heterocycles. The Labute approximate surface area is 182 Å². The molecule has 3 aromatic rings. The van der Waals surface area contributed by atoms with Crippen LogP contribution in [0.4, 0.5) is 5.69 Å². The van der Waals surface area contributed by atoms with Gasteiger partial charge in [-0.3, -0.25) is 9.59 Å². The third kappa shape index (κ3) is 4.61. The molecule has 5 heteroatoms. The Bertz CT molecular complexity index is 1080. The van der Waals surface area contributed by atoms with Crippen molar-refractivity contribution in [2.75, 3.05) is 4.90 Å². The third-order valence-corrected chi connectivity index (χ3v) is 5.50. The molecule has 0 saturated carbocycles. The molecule has 2 unspecified atom stereocenters. The summed E-state index contributed by atoms with van der Waals surface area (Å²) in [6.07, 6.45) is 0.169. The number of nitrogens with one attached hydrogen (secondary N) is 1. The van der Waals surface area contributed by atoms with Crippen LogP contribution in [0.5, 0.6) is 5.75 Å². The molecule has 5 nitrogen and oxygen atoms in total. The van der Waals surface area contributed by atoms with E-state index in [-0.39, 0.29) is 17.9 Å². The van der Waals surface area contributed by atoms with Gasteiger partial charge in [0, 0.05) is 23.8 Å². The van der Waals surface area contributed by atoms with Crippen molar-refractivity contribution >= 4 is 17.5 Å². The van der Waals surface area contributed by atoms with Crippen LogP contribution in [-0.4, -0.2) is 24.0 Å². The summed E-state index contributed by atoms with van der Waals surface area (Å²) >= 11 is 0. The minimum atomic E-state index is -0.670. The fraction of sp³-hybridized carbons (Fsp3) is 0.231.